The first-order chi connectivity index (χ1) is 7.38. The van der Waals surface area contributed by atoms with Gasteiger partial charge >= 0.3 is 0 Å². The van der Waals surface area contributed by atoms with Crippen molar-refractivity contribution >= 4 is 5.69 Å². The minimum absolute atomic E-state index is 0.619. The Bertz CT molecular complexity index is 378. The van der Waals surface area contributed by atoms with Crippen LogP contribution in [0.4, 0.5) is 5.69 Å². The molecule has 15 heavy (non-hydrogen) atoms. The lowest BCUT2D eigenvalue weighted by Crippen LogP contribution is -2.38. The first-order valence-corrected chi connectivity index (χ1v) is 5.53. The molecule has 0 aromatic heterocycles. The van der Waals surface area contributed by atoms with Crippen molar-refractivity contribution in [3.8, 4) is 5.75 Å². The van der Waals surface area contributed by atoms with Gasteiger partial charge in [0.05, 0.1) is 7.11 Å². The van der Waals surface area contributed by atoms with Gasteiger partial charge in [-0.25, -0.2) is 0 Å². The molecule has 3 rings (SSSR count). The van der Waals surface area contributed by atoms with Crippen molar-refractivity contribution in [1.82, 2.24) is 5.32 Å². The molecular formula is C12H16N2O. The van der Waals surface area contributed by atoms with Crippen molar-refractivity contribution in [2.75, 3.05) is 25.5 Å². The minimum Gasteiger partial charge on any atom is -0.497 e. The van der Waals surface area contributed by atoms with E-state index in [1.165, 1.54) is 17.7 Å². The Morgan fingerprint density at radius 1 is 1.40 bits per heavy atom. The predicted octanol–water partition coefficient (Wildman–Crippen LogP) is 1.57. The summed E-state index contributed by atoms with van der Waals surface area (Å²) in [4.78, 5) is 0. The molecule has 2 unspecified atom stereocenters. The summed E-state index contributed by atoms with van der Waals surface area (Å²) >= 11 is 0. The third-order valence-electron chi connectivity index (χ3n) is 3.48. The molecule has 3 nitrogen and oxygen atoms in total. The first kappa shape index (κ1) is 9.04. The van der Waals surface area contributed by atoms with Crippen molar-refractivity contribution < 1.29 is 4.74 Å². The fraction of sp³-hybridized carbons (Fsp3) is 0.500. The number of anilines is 1. The van der Waals surface area contributed by atoms with Crippen LogP contribution in [0.25, 0.3) is 0 Å². The second kappa shape index (κ2) is 3.42. The van der Waals surface area contributed by atoms with Gasteiger partial charge in [-0.3, -0.25) is 0 Å². The summed E-state index contributed by atoms with van der Waals surface area (Å²) in [5.74, 6) is 1.58. The van der Waals surface area contributed by atoms with Gasteiger partial charge in [-0.2, -0.15) is 0 Å². The molecule has 2 N–H and O–H groups in total. The quantitative estimate of drug-likeness (QED) is 0.728. The Morgan fingerprint density at radius 2 is 2.33 bits per heavy atom. The Kier molecular flexibility index (Phi) is 2.06. The molecule has 0 aliphatic carbocycles. The molecule has 80 valence electrons. The molecule has 2 atom stereocenters. The summed E-state index contributed by atoms with van der Waals surface area (Å²) in [6.07, 6.45) is 1.21. The van der Waals surface area contributed by atoms with Crippen LogP contribution >= 0.6 is 0 Å². The highest BCUT2D eigenvalue weighted by Gasteiger charge is 2.33. The molecule has 0 radical (unpaired) electrons. The highest BCUT2D eigenvalue weighted by molar-refractivity contribution is 5.62. The maximum atomic E-state index is 5.24. The lowest BCUT2D eigenvalue weighted by molar-refractivity contribution is 0.415. The molecule has 1 saturated heterocycles. The van der Waals surface area contributed by atoms with Gasteiger partial charge in [0, 0.05) is 30.3 Å². The van der Waals surface area contributed by atoms with Crippen LogP contribution in [0.3, 0.4) is 0 Å². The molecule has 1 fully saturated rings. The Labute approximate surface area is 89.8 Å². The number of rotatable bonds is 1. The SMILES string of the molecule is COc1ccc2c(c1)NC1CCNCC21. The Morgan fingerprint density at radius 3 is 3.20 bits per heavy atom. The molecule has 0 amide bonds. The third-order valence-corrected chi connectivity index (χ3v) is 3.48. The topological polar surface area (TPSA) is 33.3 Å². The number of piperidine rings is 1. The van der Waals surface area contributed by atoms with E-state index in [1.807, 2.05) is 0 Å². The lowest BCUT2D eigenvalue weighted by atomic mass is 9.90. The molecule has 2 aliphatic heterocycles. The zero-order valence-corrected chi connectivity index (χ0v) is 8.92. The van der Waals surface area contributed by atoms with Gasteiger partial charge in [0.25, 0.3) is 0 Å². The normalized spacial score (nSPS) is 27.8. The molecule has 3 heteroatoms. The first-order valence-electron chi connectivity index (χ1n) is 5.53. The second-order valence-electron chi connectivity index (χ2n) is 4.30. The number of hydrogen-bond donors (Lipinski definition) is 2. The Hall–Kier alpha value is -1.22. The number of nitrogens with one attached hydrogen (secondary N) is 2. The molecule has 0 bridgehead atoms. The minimum atomic E-state index is 0.619. The standard InChI is InChI=1S/C12H16N2O/c1-15-8-2-3-9-10-7-13-5-4-11(10)14-12(9)6-8/h2-3,6,10-11,13-14H,4-5,7H2,1H3. The van der Waals surface area contributed by atoms with Crippen molar-refractivity contribution in [3.05, 3.63) is 23.8 Å². The van der Waals surface area contributed by atoms with Crippen molar-refractivity contribution in [1.29, 1.82) is 0 Å². The molecule has 2 heterocycles. The van der Waals surface area contributed by atoms with E-state index in [0.717, 1.165) is 18.8 Å². The highest BCUT2D eigenvalue weighted by Crippen LogP contribution is 2.39. The summed E-state index contributed by atoms with van der Waals surface area (Å²) in [5, 5.41) is 7.05. The summed E-state index contributed by atoms with van der Waals surface area (Å²) in [5.41, 5.74) is 2.70. The summed E-state index contributed by atoms with van der Waals surface area (Å²) in [6, 6.07) is 6.97. The zero-order chi connectivity index (χ0) is 10.3. The van der Waals surface area contributed by atoms with Crippen LogP contribution in [0, 0.1) is 0 Å². The Balaban J connectivity index is 1.96. The van der Waals surface area contributed by atoms with Crippen molar-refractivity contribution in [2.45, 2.75) is 18.4 Å². The van der Waals surface area contributed by atoms with Crippen LogP contribution in [0.2, 0.25) is 0 Å². The van der Waals surface area contributed by atoms with Gasteiger partial charge in [-0.05, 0) is 24.6 Å². The number of benzene rings is 1. The second-order valence-corrected chi connectivity index (χ2v) is 4.30. The molecular weight excluding hydrogens is 188 g/mol. The van der Waals surface area contributed by atoms with Crippen LogP contribution < -0.4 is 15.4 Å². The van der Waals surface area contributed by atoms with E-state index >= 15 is 0 Å². The van der Waals surface area contributed by atoms with Gasteiger partial charge < -0.3 is 15.4 Å². The van der Waals surface area contributed by atoms with Gasteiger partial charge in [0.2, 0.25) is 0 Å². The van der Waals surface area contributed by atoms with E-state index in [9.17, 15) is 0 Å². The van der Waals surface area contributed by atoms with Crippen molar-refractivity contribution in [2.24, 2.45) is 0 Å². The van der Waals surface area contributed by atoms with E-state index in [-0.39, 0.29) is 0 Å². The fourth-order valence-corrected chi connectivity index (χ4v) is 2.67. The van der Waals surface area contributed by atoms with E-state index in [4.69, 9.17) is 4.74 Å². The summed E-state index contributed by atoms with van der Waals surface area (Å²) < 4.78 is 5.24. The van der Waals surface area contributed by atoms with Gasteiger partial charge in [0.1, 0.15) is 5.75 Å². The summed E-state index contributed by atoms with van der Waals surface area (Å²) in [7, 11) is 1.71. The zero-order valence-electron chi connectivity index (χ0n) is 8.92. The maximum absolute atomic E-state index is 5.24. The summed E-state index contributed by atoms with van der Waals surface area (Å²) in [6.45, 7) is 2.22. The van der Waals surface area contributed by atoms with E-state index in [1.54, 1.807) is 7.11 Å². The van der Waals surface area contributed by atoms with Crippen LogP contribution in [-0.4, -0.2) is 26.2 Å². The monoisotopic (exact) mass is 204 g/mol. The van der Waals surface area contributed by atoms with Gasteiger partial charge in [-0.1, -0.05) is 6.07 Å². The number of hydrogen-bond acceptors (Lipinski definition) is 3. The van der Waals surface area contributed by atoms with Gasteiger partial charge in [0.15, 0.2) is 0 Å². The van der Waals surface area contributed by atoms with E-state index < -0.39 is 0 Å². The fourth-order valence-electron chi connectivity index (χ4n) is 2.67. The van der Waals surface area contributed by atoms with E-state index in [2.05, 4.69) is 28.8 Å². The van der Waals surface area contributed by atoms with Gasteiger partial charge in [-0.15, -0.1) is 0 Å². The largest absolute Gasteiger partial charge is 0.497 e. The van der Waals surface area contributed by atoms with Crippen LogP contribution in [0.15, 0.2) is 18.2 Å². The lowest BCUT2D eigenvalue weighted by Gasteiger charge is -2.26. The average molecular weight is 204 g/mol. The van der Waals surface area contributed by atoms with Crippen LogP contribution in [-0.2, 0) is 0 Å². The molecule has 0 spiro atoms. The number of fused-ring (bicyclic) bond motifs is 3. The smallest absolute Gasteiger partial charge is 0.120 e. The highest BCUT2D eigenvalue weighted by atomic mass is 16.5. The maximum Gasteiger partial charge on any atom is 0.120 e. The van der Waals surface area contributed by atoms with E-state index in [0.29, 0.717) is 12.0 Å². The molecule has 0 saturated carbocycles. The number of ether oxygens (including phenoxy) is 1. The molecule has 1 aromatic rings. The molecule has 2 aliphatic rings. The average Bonchev–Trinajstić information content (AvgIpc) is 2.66. The third kappa shape index (κ3) is 1.38. The number of methoxy groups -OCH3 is 1. The van der Waals surface area contributed by atoms with Crippen molar-refractivity contribution in [3.63, 3.8) is 0 Å². The predicted molar refractivity (Wildman–Crippen MR) is 60.6 cm³/mol. The van der Waals surface area contributed by atoms with Crippen LogP contribution in [0.5, 0.6) is 5.75 Å². The molecule has 1 aromatic carbocycles. The van der Waals surface area contributed by atoms with Crippen LogP contribution in [0.1, 0.15) is 17.9 Å².